The van der Waals surface area contributed by atoms with Crippen LogP contribution in [0.2, 0.25) is 0 Å². The summed E-state index contributed by atoms with van der Waals surface area (Å²) in [5, 5.41) is 2.63. The molecule has 0 bridgehead atoms. The highest BCUT2D eigenvalue weighted by molar-refractivity contribution is 5.89. The lowest BCUT2D eigenvalue weighted by Crippen LogP contribution is -2.52. The van der Waals surface area contributed by atoms with E-state index in [-0.39, 0.29) is 11.8 Å². The van der Waals surface area contributed by atoms with Gasteiger partial charge in [0, 0.05) is 7.05 Å². The lowest BCUT2D eigenvalue weighted by Gasteiger charge is -2.29. The summed E-state index contributed by atoms with van der Waals surface area (Å²) < 4.78 is 10.4. The van der Waals surface area contributed by atoms with Crippen molar-refractivity contribution < 1.29 is 23.9 Å². The molecule has 0 unspecified atom stereocenters. The molecular formula is C19H36N2O5. The average Bonchev–Trinajstić information content (AvgIpc) is 2.49. The predicted octanol–water partition coefficient (Wildman–Crippen LogP) is 3.12. The standard InChI is InChI=1S/C19H36N2O5/c1-9-10-11-25-17(23)14(4)21(8)16(22)15(12-13(2)3)20-18(24)26-19(5,6)7/h13-15H,9-12H2,1-8H3,(H,20,24)/t14-,15-/m0/s1. The summed E-state index contributed by atoms with van der Waals surface area (Å²) in [7, 11) is 1.54. The first-order valence-electron chi connectivity index (χ1n) is 9.31. The molecule has 2 amide bonds. The van der Waals surface area contributed by atoms with Crippen LogP contribution < -0.4 is 5.32 Å². The fourth-order valence-electron chi connectivity index (χ4n) is 2.18. The number of likely N-dealkylation sites (N-methyl/N-ethyl adjacent to an activating group) is 1. The van der Waals surface area contributed by atoms with Crippen LogP contribution in [0.15, 0.2) is 0 Å². The molecule has 2 atom stereocenters. The van der Waals surface area contributed by atoms with Crippen LogP contribution >= 0.6 is 0 Å². The van der Waals surface area contributed by atoms with Gasteiger partial charge in [0.2, 0.25) is 5.91 Å². The number of hydrogen-bond acceptors (Lipinski definition) is 5. The lowest BCUT2D eigenvalue weighted by molar-refractivity contribution is -0.154. The number of ether oxygens (including phenoxy) is 2. The Balaban J connectivity index is 4.98. The SMILES string of the molecule is CCCCOC(=O)[C@H](C)N(C)C(=O)[C@H](CC(C)C)NC(=O)OC(C)(C)C. The van der Waals surface area contributed by atoms with Gasteiger partial charge in [0.1, 0.15) is 17.7 Å². The third-order valence-electron chi connectivity index (χ3n) is 3.71. The van der Waals surface area contributed by atoms with Gasteiger partial charge in [-0.3, -0.25) is 4.79 Å². The van der Waals surface area contributed by atoms with Crippen LogP contribution in [0.1, 0.15) is 67.7 Å². The van der Waals surface area contributed by atoms with Crippen LogP contribution in [0, 0.1) is 5.92 Å². The Labute approximate surface area is 157 Å². The Bertz CT molecular complexity index is 471. The monoisotopic (exact) mass is 372 g/mol. The topological polar surface area (TPSA) is 84.9 Å². The molecule has 152 valence electrons. The van der Waals surface area contributed by atoms with Crippen LogP contribution in [0.3, 0.4) is 0 Å². The smallest absolute Gasteiger partial charge is 0.408 e. The molecular weight excluding hydrogens is 336 g/mol. The van der Waals surface area contributed by atoms with Crippen molar-refractivity contribution in [2.45, 2.75) is 85.4 Å². The Morgan fingerprint density at radius 3 is 2.15 bits per heavy atom. The fraction of sp³-hybridized carbons (Fsp3) is 0.842. The molecule has 0 aliphatic carbocycles. The van der Waals surface area contributed by atoms with Crippen molar-refractivity contribution in [3.8, 4) is 0 Å². The minimum Gasteiger partial charge on any atom is -0.464 e. The van der Waals surface area contributed by atoms with E-state index in [1.165, 1.54) is 11.9 Å². The maximum absolute atomic E-state index is 12.8. The Morgan fingerprint density at radius 1 is 1.12 bits per heavy atom. The molecule has 0 fully saturated rings. The third-order valence-corrected chi connectivity index (χ3v) is 3.71. The summed E-state index contributed by atoms with van der Waals surface area (Å²) in [5.74, 6) is -0.613. The average molecular weight is 373 g/mol. The Hall–Kier alpha value is -1.79. The minimum atomic E-state index is -0.763. The molecule has 0 aromatic rings. The van der Waals surface area contributed by atoms with Gasteiger partial charge in [0.25, 0.3) is 0 Å². The first kappa shape index (κ1) is 24.2. The van der Waals surface area contributed by atoms with Crippen molar-refractivity contribution in [1.29, 1.82) is 0 Å². The van der Waals surface area contributed by atoms with E-state index < -0.39 is 29.7 Å². The number of unbranched alkanes of at least 4 members (excludes halogenated alkanes) is 1. The molecule has 0 spiro atoms. The number of amides is 2. The summed E-state index contributed by atoms with van der Waals surface area (Å²) >= 11 is 0. The Morgan fingerprint density at radius 2 is 1.69 bits per heavy atom. The zero-order valence-electron chi connectivity index (χ0n) is 17.5. The summed E-state index contributed by atoms with van der Waals surface area (Å²) in [6.07, 6.45) is 1.50. The third kappa shape index (κ3) is 9.63. The van der Waals surface area contributed by atoms with Crippen LogP contribution in [0.25, 0.3) is 0 Å². The van der Waals surface area contributed by atoms with E-state index in [9.17, 15) is 14.4 Å². The van der Waals surface area contributed by atoms with E-state index in [4.69, 9.17) is 9.47 Å². The van der Waals surface area contributed by atoms with Gasteiger partial charge in [-0.2, -0.15) is 0 Å². The van der Waals surface area contributed by atoms with E-state index in [1.54, 1.807) is 27.7 Å². The number of esters is 1. The number of alkyl carbamates (subject to hydrolysis) is 1. The van der Waals surface area contributed by atoms with Gasteiger partial charge in [-0.1, -0.05) is 27.2 Å². The zero-order valence-corrected chi connectivity index (χ0v) is 17.5. The number of carbonyl (C=O) groups excluding carboxylic acids is 3. The van der Waals surface area contributed by atoms with E-state index in [1.807, 2.05) is 20.8 Å². The number of nitrogens with zero attached hydrogens (tertiary/aromatic N) is 1. The van der Waals surface area contributed by atoms with Gasteiger partial charge in [0.15, 0.2) is 0 Å². The second kappa shape index (κ2) is 11.0. The van der Waals surface area contributed by atoms with Gasteiger partial charge in [-0.15, -0.1) is 0 Å². The molecule has 0 heterocycles. The van der Waals surface area contributed by atoms with Crippen molar-refractivity contribution in [3.63, 3.8) is 0 Å². The molecule has 7 nitrogen and oxygen atoms in total. The summed E-state index contributed by atoms with van der Waals surface area (Å²) in [6.45, 7) is 13.1. The van der Waals surface area contributed by atoms with Crippen LogP contribution in [-0.2, 0) is 19.1 Å². The molecule has 0 saturated carbocycles. The summed E-state index contributed by atoms with van der Waals surface area (Å²) in [6, 6.07) is -1.49. The summed E-state index contributed by atoms with van der Waals surface area (Å²) in [5.41, 5.74) is -0.655. The highest BCUT2D eigenvalue weighted by Gasteiger charge is 2.31. The number of rotatable bonds is 9. The first-order valence-corrected chi connectivity index (χ1v) is 9.31. The zero-order chi connectivity index (χ0) is 20.5. The highest BCUT2D eigenvalue weighted by atomic mass is 16.6. The van der Waals surface area contributed by atoms with Gasteiger partial charge in [-0.05, 0) is 46.5 Å². The van der Waals surface area contributed by atoms with Gasteiger partial charge < -0.3 is 19.7 Å². The second-order valence-corrected chi connectivity index (χ2v) is 7.97. The largest absolute Gasteiger partial charge is 0.464 e. The van der Waals surface area contributed by atoms with Gasteiger partial charge >= 0.3 is 12.1 Å². The molecule has 0 saturated heterocycles. The van der Waals surface area contributed by atoms with E-state index in [0.29, 0.717) is 13.0 Å². The summed E-state index contributed by atoms with van der Waals surface area (Å²) in [4.78, 5) is 38.3. The van der Waals surface area contributed by atoms with Gasteiger partial charge in [0.05, 0.1) is 6.61 Å². The maximum Gasteiger partial charge on any atom is 0.408 e. The fourth-order valence-corrected chi connectivity index (χ4v) is 2.18. The maximum atomic E-state index is 12.8. The predicted molar refractivity (Wildman–Crippen MR) is 101 cm³/mol. The van der Waals surface area contributed by atoms with Crippen molar-refractivity contribution in [1.82, 2.24) is 10.2 Å². The van der Waals surface area contributed by atoms with E-state index in [0.717, 1.165) is 12.8 Å². The minimum absolute atomic E-state index is 0.180. The molecule has 7 heteroatoms. The van der Waals surface area contributed by atoms with E-state index in [2.05, 4.69) is 5.32 Å². The van der Waals surface area contributed by atoms with Crippen LogP contribution in [-0.4, -0.2) is 54.2 Å². The molecule has 0 aliphatic rings. The van der Waals surface area contributed by atoms with Crippen LogP contribution in [0.4, 0.5) is 4.79 Å². The number of nitrogens with one attached hydrogen (secondary N) is 1. The molecule has 0 aliphatic heterocycles. The molecule has 1 N–H and O–H groups in total. The molecule has 0 aromatic heterocycles. The number of carbonyl (C=O) groups is 3. The molecule has 26 heavy (non-hydrogen) atoms. The molecule has 0 aromatic carbocycles. The highest BCUT2D eigenvalue weighted by Crippen LogP contribution is 2.12. The first-order chi connectivity index (χ1) is 11.9. The Kier molecular flexibility index (Phi) is 10.3. The molecule has 0 radical (unpaired) electrons. The van der Waals surface area contributed by atoms with Crippen molar-refractivity contribution >= 4 is 18.0 Å². The van der Waals surface area contributed by atoms with E-state index >= 15 is 0 Å². The van der Waals surface area contributed by atoms with Crippen molar-refractivity contribution in [2.24, 2.45) is 5.92 Å². The lowest BCUT2D eigenvalue weighted by atomic mass is 10.0. The van der Waals surface area contributed by atoms with Gasteiger partial charge in [-0.25, -0.2) is 9.59 Å². The van der Waals surface area contributed by atoms with Crippen LogP contribution in [0.5, 0.6) is 0 Å². The van der Waals surface area contributed by atoms with Crippen molar-refractivity contribution in [2.75, 3.05) is 13.7 Å². The normalized spacial score (nSPS) is 13.7. The number of hydrogen-bond donors (Lipinski definition) is 1. The quantitative estimate of drug-likeness (QED) is 0.496. The molecule has 0 rings (SSSR count). The second-order valence-electron chi connectivity index (χ2n) is 7.97. The van der Waals surface area contributed by atoms with Crippen molar-refractivity contribution in [3.05, 3.63) is 0 Å².